The van der Waals surface area contributed by atoms with E-state index < -0.39 is 5.41 Å². The number of para-hydroxylation sites is 1. The largest absolute Gasteiger partial charge is 0.456 e. The van der Waals surface area contributed by atoms with Gasteiger partial charge in [-0.2, -0.15) is 0 Å². The lowest BCUT2D eigenvalue weighted by Crippen LogP contribution is -2.33. The number of hydrogen-bond acceptors (Lipinski definition) is 3. The molecule has 0 saturated carbocycles. The first-order valence-electron chi connectivity index (χ1n) is 22.4. The maximum atomic E-state index is 6.60. The zero-order valence-electron chi connectivity index (χ0n) is 37.4. The lowest BCUT2D eigenvalue weighted by Gasteiger charge is -2.41. The van der Waals surface area contributed by atoms with Gasteiger partial charge in [0.25, 0.3) is 0 Å². The number of benzene rings is 8. The van der Waals surface area contributed by atoms with E-state index >= 15 is 0 Å². The van der Waals surface area contributed by atoms with E-state index in [9.17, 15) is 0 Å². The molecular weight excluding hydrogens is 783 g/mol. The average Bonchev–Trinajstić information content (AvgIpc) is 3.87. The van der Waals surface area contributed by atoms with E-state index in [4.69, 9.17) is 4.42 Å². The molecule has 0 bridgehead atoms. The predicted molar refractivity (Wildman–Crippen MR) is 265 cm³/mol. The molecule has 0 unspecified atom stereocenters. The van der Waals surface area contributed by atoms with Gasteiger partial charge in [-0.25, -0.2) is 0 Å². The van der Waals surface area contributed by atoms with E-state index in [2.05, 4.69) is 224 Å². The fourth-order valence-corrected chi connectivity index (χ4v) is 12.4. The molecule has 308 valence electrons. The highest BCUT2D eigenvalue weighted by molar-refractivity contribution is 7.99. The van der Waals surface area contributed by atoms with E-state index in [0.29, 0.717) is 0 Å². The van der Waals surface area contributed by atoms with Crippen LogP contribution < -0.4 is 4.90 Å². The third kappa shape index (κ3) is 5.39. The Morgan fingerprint density at radius 3 is 1.62 bits per heavy atom. The van der Waals surface area contributed by atoms with Gasteiger partial charge in [0, 0.05) is 32.0 Å². The van der Waals surface area contributed by atoms with Crippen LogP contribution in [-0.2, 0) is 21.7 Å². The van der Waals surface area contributed by atoms with Crippen LogP contribution in [0.4, 0.5) is 17.1 Å². The molecule has 2 nitrogen and oxygen atoms in total. The summed E-state index contributed by atoms with van der Waals surface area (Å²) in [6, 6.07) is 62.2. The lowest BCUT2D eigenvalue weighted by molar-refractivity contribution is 0.581. The normalized spacial score (nSPS) is 15.2. The zero-order chi connectivity index (χ0) is 43.2. The van der Waals surface area contributed by atoms with Crippen molar-refractivity contribution in [3.05, 3.63) is 208 Å². The van der Waals surface area contributed by atoms with Gasteiger partial charge < -0.3 is 9.32 Å². The van der Waals surface area contributed by atoms with E-state index in [1.165, 1.54) is 76.6 Å². The van der Waals surface area contributed by atoms with Crippen LogP contribution in [0.2, 0.25) is 0 Å². The van der Waals surface area contributed by atoms with Crippen molar-refractivity contribution in [3.8, 4) is 22.3 Å². The summed E-state index contributed by atoms with van der Waals surface area (Å²) in [7, 11) is 0. The van der Waals surface area contributed by atoms with Crippen molar-refractivity contribution in [2.75, 3.05) is 4.90 Å². The van der Waals surface area contributed by atoms with Crippen LogP contribution in [0, 0.1) is 0 Å². The second-order valence-corrected chi connectivity index (χ2v) is 21.6. The molecule has 0 N–H and O–H groups in total. The third-order valence-corrected chi connectivity index (χ3v) is 15.6. The topological polar surface area (TPSA) is 16.4 Å². The molecule has 63 heavy (non-hydrogen) atoms. The molecule has 3 aliphatic rings. The number of furan rings is 1. The van der Waals surface area contributed by atoms with Crippen LogP contribution in [0.15, 0.2) is 178 Å². The molecule has 0 fully saturated rings. The van der Waals surface area contributed by atoms with Gasteiger partial charge in [0.1, 0.15) is 11.2 Å². The summed E-state index contributed by atoms with van der Waals surface area (Å²) < 4.78 is 6.60. The van der Waals surface area contributed by atoms with E-state index in [-0.39, 0.29) is 16.2 Å². The van der Waals surface area contributed by atoms with Gasteiger partial charge in [-0.15, -0.1) is 0 Å². The first-order valence-corrected chi connectivity index (χ1v) is 23.2. The molecule has 0 saturated heterocycles. The Morgan fingerprint density at radius 2 is 0.968 bits per heavy atom. The van der Waals surface area contributed by atoms with Gasteiger partial charge in [-0.05, 0) is 132 Å². The maximum Gasteiger partial charge on any atom is 0.137 e. The summed E-state index contributed by atoms with van der Waals surface area (Å²) in [5, 5.41) is 2.23. The summed E-state index contributed by atoms with van der Waals surface area (Å²) >= 11 is 1.92. The predicted octanol–water partition coefficient (Wildman–Crippen LogP) is 16.8. The van der Waals surface area contributed by atoms with Gasteiger partial charge in [0.2, 0.25) is 0 Å². The van der Waals surface area contributed by atoms with Crippen LogP contribution in [0.3, 0.4) is 0 Å². The zero-order valence-corrected chi connectivity index (χ0v) is 38.2. The SMILES string of the molecule is CC(C)(C)c1ccc2c(c1)C1(c3cc(C(C)(C)C)ccc3S2)c2ccccc2-c2ccc(N(c3ccc4c(c3)C(C)(C)c3ccccc3-4)c3cccc4oc5ccccc5c34)cc21. The summed E-state index contributed by atoms with van der Waals surface area (Å²) in [5.41, 5.74) is 20.4. The first-order chi connectivity index (χ1) is 30.2. The third-order valence-electron chi connectivity index (χ3n) is 14.5. The first kappa shape index (κ1) is 38.4. The van der Waals surface area contributed by atoms with Gasteiger partial charge in [0.05, 0.1) is 16.5 Å². The Labute approximate surface area is 375 Å². The van der Waals surface area contributed by atoms with Gasteiger partial charge in [-0.3, -0.25) is 0 Å². The Balaban J connectivity index is 1.18. The lowest BCUT2D eigenvalue weighted by atomic mass is 9.65. The van der Waals surface area contributed by atoms with E-state index in [1.807, 2.05) is 11.8 Å². The van der Waals surface area contributed by atoms with Gasteiger partial charge in [0.15, 0.2) is 0 Å². The summed E-state index contributed by atoms with van der Waals surface area (Å²) in [6.45, 7) is 18.8. The van der Waals surface area contributed by atoms with Crippen molar-refractivity contribution in [2.45, 2.75) is 86.8 Å². The molecule has 3 heteroatoms. The van der Waals surface area contributed by atoms with Crippen LogP contribution in [0.5, 0.6) is 0 Å². The molecule has 1 aliphatic heterocycles. The minimum atomic E-state index is -0.554. The monoisotopic (exact) mass is 833 g/mol. The molecule has 1 spiro atoms. The number of fused-ring (bicyclic) bond motifs is 15. The van der Waals surface area contributed by atoms with E-state index in [1.54, 1.807) is 0 Å². The molecule has 0 amide bonds. The Bertz CT molecular complexity index is 3320. The van der Waals surface area contributed by atoms with Gasteiger partial charge >= 0.3 is 0 Å². The van der Waals surface area contributed by atoms with Crippen LogP contribution in [-0.4, -0.2) is 0 Å². The second-order valence-electron chi connectivity index (χ2n) is 20.5. The number of nitrogens with zero attached hydrogens (tertiary/aromatic N) is 1. The second kappa shape index (κ2) is 13.1. The van der Waals surface area contributed by atoms with Crippen LogP contribution >= 0.6 is 11.8 Å². The van der Waals surface area contributed by atoms with Crippen molar-refractivity contribution in [1.82, 2.24) is 0 Å². The summed E-state index contributed by atoms with van der Waals surface area (Å²) in [4.78, 5) is 5.15. The molecule has 8 aromatic carbocycles. The molecule has 0 radical (unpaired) electrons. The maximum absolute atomic E-state index is 6.60. The van der Waals surface area contributed by atoms with E-state index in [0.717, 1.165) is 39.0 Å². The fourth-order valence-electron chi connectivity index (χ4n) is 11.2. The Morgan fingerprint density at radius 1 is 0.444 bits per heavy atom. The Kier molecular flexibility index (Phi) is 8.00. The minimum Gasteiger partial charge on any atom is -0.456 e. The van der Waals surface area contributed by atoms with Crippen LogP contribution in [0.1, 0.15) is 99.9 Å². The molecule has 2 aliphatic carbocycles. The number of rotatable bonds is 3. The number of hydrogen-bond donors (Lipinski definition) is 0. The molecule has 9 aromatic rings. The molecule has 0 atom stereocenters. The minimum absolute atomic E-state index is 0.0267. The standard InChI is InChI=1S/C60H51NOS/c1-57(2,3)36-24-30-54-49(32-36)60(50-33-37(58(4,5)6)25-31-55(50)63-54)46-20-13-10-17-41(46)43-29-27-39(35-48(43)60)61(51-21-15-23-53-56(51)44-18-11-14-22-52(44)62-53)38-26-28-42-40-16-9-12-19-45(40)59(7,8)47(42)34-38/h9-35H,1-8H3. The molecule has 2 heterocycles. The quantitative estimate of drug-likeness (QED) is 0.176. The van der Waals surface area contributed by atoms with Crippen molar-refractivity contribution in [1.29, 1.82) is 0 Å². The summed E-state index contributed by atoms with van der Waals surface area (Å²) in [5.74, 6) is 0. The molecule has 1 aromatic heterocycles. The van der Waals surface area contributed by atoms with Gasteiger partial charge in [-0.1, -0.05) is 176 Å². The fraction of sp³-hybridized carbons (Fsp3) is 0.200. The van der Waals surface area contributed by atoms with Crippen LogP contribution in [0.25, 0.3) is 44.2 Å². The highest BCUT2D eigenvalue weighted by atomic mass is 32.2. The molecular formula is C60H51NOS. The molecule has 12 rings (SSSR count). The van der Waals surface area contributed by atoms with Crippen molar-refractivity contribution in [3.63, 3.8) is 0 Å². The van der Waals surface area contributed by atoms with Crippen molar-refractivity contribution >= 4 is 50.8 Å². The van der Waals surface area contributed by atoms with Crippen molar-refractivity contribution in [2.24, 2.45) is 0 Å². The Hall–Kier alpha value is -6.29. The number of anilines is 3. The van der Waals surface area contributed by atoms with Crippen molar-refractivity contribution < 1.29 is 4.42 Å². The summed E-state index contributed by atoms with van der Waals surface area (Å²) in [6.07, 6.45) is 0. The smallest absolute Gasteiger partial charge is 0.137 e. The average molecular weight is 834 g/mol. The highest BCUT2D eigenvalue weighted by Crippen LogP contribution is 2.64. The highest BCUT2D eigenvalue weighted by Gasteiger charge is 2.51.